The number of sulfonamides is 1. The van der Waals surface area contributed by atoms with E-state index in [0.717, 1.165) is 30.2 Å². The molecule has 1 unspecified atom stereocenters. The molecule has 0 aromatic heterocycles. The minimum Gasteiger partial charge on any atom is -0.316 e. The molecule has 2 heterocycles. The Hall–Kier alpha value is -0.620. The van der Waals surface area contributed by atoms with Crippen molar-refractivity contribution < 1.29 is 13.2 Å². The molecule has 5 nitrogen and oxygen atoms in total. The zero-order chi connectivity index (χ0) is 11.6. The lowest BCUT2D eigenvalue weighted by Crippen LogP contribution is -2.47. The SMILES string of the molecule is O=C1CCCS(=O)(=O)N1CC1CCCNC1. The Labute approximate surface area is 96.2 Å². The van der Waals surface area contributed by atoms with Crippen LogP contribution in [-0.4, -0.2) is 44.0 Å². The lowest BCUT2D eigenvalue weighted by atomic mass is 10.00. The topological polar surface area (TPSA) is 66.5 Å². The molecule has 2 rings (SSSR count). The van der Waals surface area contributed by atoms with Crippen LogP contribution in [0.5, 0.6) is 0 Å². The van der Waals surface area contributed by atoms with Gasteiger partial charge in [0.25, 0.3) is 0 Å². The summed E-state index contributed by atoms with van der Waals surface area (Å²) < 4.78 is 24.6. The second kappa shape index (κ2) is 4.71. The van der Waals surface area contributed by atoms with Crippen LogP contribution < -0.4 is 5.32 Å². The second-order valence-electron chi connectivity index (χ2n) is 4.56. The van der Waals surface area contributed by atoms with E-state index >= 15 is 0 Å². The number of nitrogens with zero attached hydrogens (tertiary/aromatic N) is 1. The van der Waals surface area contributed by atoms with Gasteiger partial charge in [-0.05, 0) is 38.3 Å². The monoisotopic (exact) mass is 246 g/mol. The third kappa shape index (κ3) is 2.55. The summed E-state index contributed by atoms with van der Waals surface area (Å²) in [5.74, 6) is 0.182. The van der Waals surface area contributed by atoms with Gasteiger partial charge in [0.15, 0.2) is 0 Å². The Morgan fingerprint density at radius 3 is 2.81 bits per heavy atom. The highest BCUT2D eigenvalue weighted by Crippen LogP contribution is 2.19. The minimum absolute atomic E-state index is 0.124. The van der Waals surface area contributed by atoms with Crippen LogP contribution in [0.25, 0.3) is 0 Å². The molecule has 2 fully saturated rings. The van der Waals surface area contributed by atoms with Gasteiger partial charge in [0.1, 0.15) is 0 Å². The minimum atomic E-state index is -3.32. The molecule has 6 heteroatoms. The summed E-state index contributed by atoms with van der Waals surface area (Å²) in [5, 5.41) is 3.23. The number of nitrogens with one attached hydrogen (secondary N) is 1. The zero-order valence-corrected chi connectivity index (χ0v) is 10.1. The van der Waals surface area contributed by atoms with Crippen molar-refractivity contribution in [3.8, 4) is 0 Å². The number of hydrogen-bond acceptors (Lipinski definition) is 4. The van der Waals surface area contributed by atoms with Crippen LogP contribution in [0, 0.1) is 5.92 Å². The first-order chi connectivity index (χ1) is 7.59. The number of carbonyl (C=O) groups is 1. The van der Waals surface area contributed by atoms with Crippen molar-refractivity contribution in [2.24, 2.45) is 5.92 Å². The van der Waals surface area contributed by atoms with E-state index < -0.39 is 10.0 Å². The van der Waals surface area contributed by atoms with Gasteiger partial charge in [-0.25, -0.2) is 12.7 Å². The van der Waals surface area contributed by atoms with Crippen LogP contribution in [0.1, 0.15) is 25.7 Å². The predicted octanol–water partition coefficient (Wildman–Crippen LogP) is -0.0618. The standard InChI is InChI=1S/C10H18N2O3S/c13-10-4-2-6-16(14,15)12(10)8-9-3-1-5-11-7-9/h9,11H,1-8H2. The Bertz CT molecular complexity index is 360. The largest absolute Gasteiger partial charge is 0.316 e. The van der Waals surface area contributed by atoms with Gasteiger partial charge < -0.3 is 5.32 Å². The van der Waals surface area contributed by atoms with Crippen molar-refractivity contribution in [2.75, 3.05) is 25.4 Å². The summed E-state index contributed by atoms with van der Waals surface area (Å²) in [4.78, 5) is 11.6. The molecule has 1 N–H and O–H groups in total. The van der Waals surface area contributed by atoms with Crippen molar-refractivity contribution in [1.82, 2.24) is 9.62 Å². The van der Waals surface area contributed by atoms with E-state index in [1.807, 2.05) is 0 Å². The van der Waals surface area contributed by atoms with Gasteiger partial charge in [0.05, 0.1) is 5.75 Å². The molecule has 0 bridgehead atoms. The summed E-state index contributed by atoms with van der Waals surface area (Å²) in [6.45, 7) is 2.19. The number of rotatable bonds is 2. The number of piperidine rings is 1. The van der Waals surface area contributed by atoms with Gasteiger partial charge in [0.2, 0.25) is 15.9 Å². The van der Waals surface area contributed by atoms with Crippen molar-refractivity contribution in [3.05, 3.63) is 0 Å². The molecule has 92 valence electrons. The first-order valence-electron chi connectivity index (χ1n) is 5.83. The Balaban J connectivity index is 2.02. The average molecular weight is 246 g/mol. The third-order valence-corrected chi connectivity index (χ3v) is 5.06. The summed E-state index contributed by atoms with van der Waals surface area (Å²) in [5.41, 5.74) is 0. The number of carbonyl (C=O) groups excluding carboxylic acids is 1. The van der Waals surface area contributed by atoms with E-state index in [0.29, 0.717) is 19.4 Å². The van der Waals surface area contributed by atoms with Gasteiger partial charge >= 0.3 is 0 Å². The van der Waals surface area contributed by atoms with Crippen molar-refractivity contribution in [3.63, 3.8) is 0 Å². The van der Waals surface area contributed by atoms with E-state index in [1.54, 1.807) is 0 Å². The summed E-state index contributed by atoms with van der Waals surface area (Å²) >= 11 is 0. The summed E-state index contributed by atoms with van der Waals surface area (Å²) in [6, 6.07) is 0. The maximum Gasteiger partial charge on any atom is 0.237 e. The molecule has 0 saturated carbocycles. The molecule has 1 amide bonds. The summed E-state index contributed by atoms with van der Waals surface area (Å²) in [7, 11) is -3.32. The van der Waals surface area contributed by atoms with Crippen molar-refractivity contribution in [2.45, 2.75) is 25.7 Å². The quantitative estimate of drug-likeness (QED) is 0.741. The van der Waals surface area contributed by atoms with Gasteiger partial charge in [-0.3, -0.25) is 4.79 Å². The molecule has 0 radical (unpaired) electrons. The molecule has 0 aromatic carbocycles. The number of hydrogen-bond donors (Lipinski definition) is 1. The third-order valence-electron chi connectivity index (χ3n) is 3.23. The van der Waals surface area contributed by atoms with Crippen LogP contribution in [0.4, 0.5) is 0 Å². The molecule has 0 aliphatic carbocycles. The Morgan fingerprint density at radius 2 is 2.19 bits per heavy atom. The van der Waals surface area contributed by atoms with Crippen LogP contribution in [0.3, 0.4) is 0 Å². The van der Waals surface area contributed by atoms with Gasteiger partial charge in [-0.1, -0.05) is 0 Å². The van der Waals surface area contributed by atoms with E-state index in [1.165, 1.54) is 0 Å². The van der Waals surface area contributed by atoms with Crippen LogP contribution in [0.15, 0.2) is 0 Å². The van der Waals surface area contributed by atoms with Crippen molar-refractivity contribution in [1.29, 1.82) is 0 Å². The van der Waals surface area contributed by atoms with Gasteiger partial charge in [-0.2, -0.15) is 0 Å². The molecule has 1 atom stereocenters. The smallest absolute Gasteiger partial charge is 0.237 e. The molecule has 2 aliphatic heterocycles. The lowest BCUT2D eigenvalue weighted by molar-refractivity contribution is -0.127. The number of amides is 1. The van der Waals surface area contributed by atoms with Gasteiger partial charge in [-0.15, -0.1) is 0 Å². The van der Waals surface area contributed by atoms with E-state index in [2.05, 4.69) is 5.32 Å². The van der Waals surface area contributed by atoms with Crippen LogP contribution in [-0.2, 0) is 14.8 Å². The fraction of sp³-hybridized carbons (Fsp3) is 0.900. The highest BCUT2D eigenvalue weighted by molar-refractivity contribution is 7.89. The molecule has 2 saturated heterocycles. The first-order valence-corrected chi connectivity index (χ1v) is 7.44. The van der Waals surface area contributed by atoms with Crippen LogP contribution in [0.2, 0.25) is 0 Å². The maximum atomic E-state index is 11.8. The normalized spacial score (nSPS) is 30.4. The van der Waals surface area contributed by atoms with E-state index in [9.17, 15) is 13.2 Å². The van der Waals surface area contributed by atoms with E-state index in [-0.39, 0.29) is 17.6 Å². The fourth-order valence-corrected chi connectivity index (χ4v) is 3.89. The Kier molecular flexibility index (Phi) is 3.49. The molecular weight excluding hydrogens is 228 g/mol. The molecule has 0 spiro atoms. The lowest BCUT2D eigenvalue weighted by Gasteiger charge is -2.31. The average Bonchev–Trinajstić information content (AvgIpc) is 2.25. The highest BCUT2D eigenvalue weighted by Gasteiger charge is 2.33. The molecular formula is C10H18N2O3S. The first kappa shape index (κ1) is 11.9. The van der Waals surface area contributed by atoms with Crippen molar-refractivity contribution >= 4 is 15.9 Å². The summed E-state index contributed by atoms with van der Waals surface area (Å²) in [6.07, 6.45) is 2.92. The van der Waals surface area contributed by atoms with Gasteiger partial charge in [0, 0.05) is 13.0 Å². The zero-order valence-electron chi connectivity index (χ0n) is 9.31. The van der Waals surface area contributed by atoms with Crippen LogP contribution >= 0.6 is 0 Å². The molecule has 16 heavy (non-hydrogen) atoms. The predicted molar refractivity (Wildman–Crippen MR) is 60.3 cm³/mol. The molecule has 0 aromatic rings. The van der Waals surface area contributed by atoms with E-state index in [4.69, 9.17) is 0 Å². The fourth-order valence-electron chi connectivity index (χ4n) is 2.33. The Morgan fingerprint density at radius 1 is 1.38 bits per heavy atom. The maximum absolute atomic E-state index is 11.8. The molecule has 2 aliphatic rings. The second-order valence-corrected chi connectivity index (χ2v) is 6.57. The highest BCUT2D eigenvalue weighted by atomic mass is 32.2.